The topological polar surface area (TPSA) is 0 Å². The monoisotopic (exact) mass is 688 g/mol. The summed E-state index contributed by atoms with van der Waals surface area (Å²) in [6.45, 7) is 9.64. The van der Waals surface area contributed by atoms with E-state index in [0.29, 0.717) is 0 Å². The minimum atomic E-state index is -0.109. The van der Waals surface area contributed by atoms with Crippen molar-refractivity contribution in [2.75, 3.05) is 0 Å². The van der Waals surface area contributed by atoms with E-state index < -0.39 is 0 Å². The van der Waals surface area contributed by atoms with Crippen molar-refractivity contribution in [2.24, 2.45) is 0 Å². The summed E-state index contributed by atoms with van der Waals surface area (Å²) in [4.78, 5) is 0. The minimum Gasteiger partial charge on any atom is -0.0619 e. The van der Waals surface area contributed by atoms with Gasteiger partial charge in [-0.3, -0.25) is 0 Å². The Bertz CT molecular complexity index is 2980. The number of hydrogen-bond donors (Lipinski definition) is 0. The maximum Gasteiger partial charge on any atom is 0.0165 e. The van der Waals surface area contributed by atoms with Gasteiger partial charge in [0.2, 0.25) is 0 Å². The SMILES string of the molecule is CC1(C)c2cc(-c3cccc(-c4c5ccccc5c(-c5cccc6ccccc56)c5ccccc45)c3)ccc2-c2c1ccc1c2C(C)(C)c2ccccc2-1. The van der Waals surface area contributed by atoms with Gasteiger partial charge in [-0.1, -0.05) is 185 Å². The molecule has 0 amide bonds. The van der Waals surface area contributed by atoms with Crippen LogP contribution in [0.1, 0.15) is 49.9 Å². The summed E-state index contributed by atoms with van der Waals surface area (Å²) >= 11 is 0. The smallest absolute Gasteiger partial charge is 0.0165 e. The highest BCUT2D eigenvalue weighted by molar-refractivity contribution is 6.23. The Labute approximate surface area is 317 Å². The van der Waals surface area contributed by atoms with Crippen LogP contribution in [0.15, 0.2) is 170 Å². The molecule has 0 spiro atoms. The van der Waals surface area contributed by atoms with Gasteiger partial charge in [0.15, 0.2) is 0 Å². The first kappa shape index (κ1) is 31.3. The van der Waals surface area contributed by atoms with Gasteiger partial charge >= 0.3 is 0 Å². The highest BCUT2D eigenvalue weighted by Crippen LogP contribution is 2.59. The molecule has 0 aromatic heterocycles. The zero-order chi connectivity index (χ0) is 36.3. The molecule has 11 rings (SSSR count). The van der Waals surface area contributed by atoms with Crippen LogP contribution in [-0.4, -0.2) is 0 Å². The molecule has 2 aliphatic rings. The van der Waals surface area contributed by atoms with Gasteiger partial charge in [0.25, 0.3) is 0 Å². The van der Waals surface area contributed by atoms with E-state index in [1.165, 1.54) is 110 Å². The number of benzene rings is 9. The summed E-state index contributed by atoms with van der Waals surface area (Å²) in [6.07, 6.45) is 0. The summed E-state index contributed by atoms with van der Waals surface area (Å²) in [6, 6.07) is 63.7. The summed E-state index contributed by atoms with van der Waals surface area (Å²) < 4.78 is 0. The van der Waals surface area contributed by atoms with E-state index in [-0.39, 0.29) is 10.8 Å². The van der Waals surface area contributed by atoms with Crippen molar-refractivity contribution in [3.05, 3.63) is 192 Å². The van der Waals surface area contributed by atoms with Crippen LogP contribution in [0.2, 0.25) is 0 Å². The highest BCUT2D eigenvalue weighted by Gasteiger charge is 2.44. The van der Waals surface area contributed by atoms with Crippen LogP contribution in [0.25, 0.3) is 88.0 Å². The van der Waals surface area contributed by atoms with Crippen molar-refractivity contribution in [2.45, 2.75) is 38.5 Å². The zero-order valence-corrected chi connectivity index (χ0v) is 31.2. The Kier molecular flexibility index (Phi) is 6.46. The lowest BCUT2D eigenvalue weighted by Crippen LogP contribution is -2.18. The third-order valence-corrected chi connectivity index (χ3v) is 12.8. The van der Waals surface area contributed by atoms with E-state index in [1.54, 1.807) is 0 Å². The molecule has 0 bridgehead atoms. The molecule has 0 aliphatic heterocycles. The van der Waals surface area contributed by atoms with Gasteiger partial charge < -0.3 is 0 Å². The van der Waals surface area contributed by atoms with Crippen LogP contribution in [0.4, 0.5) is 0 Å². The second-order valence-corrected chi connectivity index (χ2v) is 16.4. The average molecular weight is 689 g/mol. The van der Waals surface area contributed by atoms with Gasteiger partial charge in [0, 0.05) is 10.8 Å². The predicted octanol–water partition coefficient (Wildman–Crippen LogP) is 14.8. The molecule has 0 heterocycles. The molecule has 0 saturated carbocycles. The van der Waals surface area contributed by atoms with E-state index in [9.17, 15) is 0 Å². The standard InChI is InChI=1S/C54H40/c1-53(2)47-30-29-44-38-20-11-12-26-46(38)54(3,4)52(44)51(47)45-28-27-35(32-48(45)53)34-17-13-18-36(31-34)49-40-21-7-9-23-42(40)50(43-24-10-8-22-41(43)49)39-25-14-16-33-15-5-6-19-37(33)39/h5-32H,1-4H3. The summed E-state index contributed by atoms with van der Waals surface area (Å²) in [5.74, 6) is 0. The van der Waals surface area contributed by atoms with Gasteiger partial charge in [-0.05, 0) is 122 Å². The van der Waals surface area contributed by atoms with Crippen LogP contribution in [0, 0.1) is 0 Å². The molecular formula is C54H40. The Morgan fingerprint density at radius 1 is 0.296 bits per heavy atom. The minimum absolute atomic E-state index is 0.0589. The first-order valence-corrected chi connectivity index (χ1v) is 19.3. The molecule has 256 valence electrons. The van der Waals surface area contributed by atoms with Gasteiger partial charge in [-0.25, -0.2) is 0 Å². The molecule has 0 saturated heterocycles. The second-order valence-electron chi connectivity index (χ2n) is 16.4. The lowest BCUT2D eigenvalue weighted by molar-refractivity contribution is 0.647. The first-order valence-electron chi connectivity index (χ1n) is 19.3. The van der Waals surface area contributed by atoms with Crippen molar-refractivity contribution in [3.63, 3.8) is 0 Å². The third-order valence-electron chi connectivity index (χ3n) is 12.8. The van der Waals surface area contributed by atoms with Crippen LogP contribution in [0.5, 0.6) is 0 Å². The molecule has 9 aromatic rings. The van der Waals surface area contributed by atoms with Crippen LogP contribution in [0.3, 0.4) is 0 Å². The van der Waals surface area contributed by atoms with E-state index in [1.807, 2.05) is 0 Å². The van der Waals surface area contributed by atoms with Gasteiger partial charge in [0.1, 0.15) is 0 Å². The average Bonchev–Trinajstić information content (AvgIpc) is 3.59. The quantitative estimate of drug-likeness (QED) is 0.162. The number of rotatable bonds is 3. The van der Waals surface area contributed by atoms with Gasteiger partial charge in [0.05, 0.1) is 0 Å². The van der Waals surface area contributed by atoms with E-state index in [0.717, 1.165) is 0 Å². The van der Waals surface area contributed by atoms with Crippen LogP contribution < -0.4 is 0 Å². The van der Waals surface area contributed by atoms with E-state index >= 15 is 0 Å². The van der Waals surface area contributed by atoms with Crippen molar-refractivity contribution in [3.8, 4) is 55.6 Å². The maximum absolute atomic E-state index is 2.48. The van der Waals surface area contributed by atoms with Gasteiger partial charge in [-0.15, -0.1) is 0 Å². The lowest BCUT2D eigenvalue weighted by Gasteiger charge is -2.26. The van der Waals surface area contributed by atoms with Crippen molar-refractivity contribution in [1.82, 2.24) is 0 Å². The molecule has 0 heteroatoms. The predicted molar refractivity (Wildman–Crippen MR) is 230 cm³/mol. The van der Waals surface area contributed by atoms with Gasteiger partial charge in [-0.2, -0.15) is 0 Å². The summed E-state index contributed by atoms with van der Waals surface area (Å²) in [5.41, 5.74) is 18.8. The van der Waals surface area contributed by atoms with Crippen molar-refractivity contribution >= 4 is 32.3 Å². The highest BCUT2D eigenvalue weighted by atomic mass is 14.5. The number of fused-ring (bicyclic) bond motifs is 10. The molecule has 0 radical (unpaired) electrons. The van der Waals surface area contributed by atoms with Crippen LogP contribution in [-0.2, 0) is 10.8 Å². The largest absolute Gasteiger partial charge is 0.0619 e. The molecule has 0 atom stereocenters. The second kappa shape index (κ2) is 11.1. The van der Waals surface area contributed by atoms with Crippen molar-refractivity contribution in [1.29, 1.82) is 0 Å². The fourth-order valence-electron chi connectivity index (χ4n) is 10.3. The molecule has 0 nitrogen and oxygen atoms in total. The van der Waals surface area contributed by atoms with E-state index in [4.69, 9.17) is 0 Å². The molecular weight excluding hydrogens is 649 g/mol. The molecule has 2 aliphatic carbocycles. The molecule has 0 fully saturated rings. The third kappa shape index (κ3) is 4.20. The normalized spacial score (nSPS) is 14.6. The summed E-state index contributed by atoms with van der Waals surface area (Å²) in [7, 11) is 0. The van der Waals surface area contributed by atoms with Crippen LogP contribution >= 0.6 is 0 Å². The molecule has 0 N–H and O–H groups in total. The fraction of sp³-hybridized carbons (Fsp3) is 0.111. The Morgan fingerprint density at radius 2 is 0.852 bits per heavy atom. The molecule has 0 unspecified atom stereocenters. The Morgan fingerprint density at radius 3 is 1.61 bits per heavy atom. The Balaban J connectivity index is 1.09. The molecule has 54 heavy (non-hydrogen) atoms. The molecule has 9 aromatic carbocycles. The lowest BCUT2D eigenvalue weighted by atomic mass is 9.77. The first-order chi connectivity index (χ1) is 26.3. The Hall–Kier alpha value is -6.24. The summed E-state index contributed by atoms with van der Waals surface area (Å²) in [5, 5.41) is 7.66. The van der Waals surface area contributed by atoms with Crippen molar-refractivity contribution < 1.29 is 0 Å². The van der Waals surface area contributed by atoms with E-state index in [2.05, 4.69) is 198 Å². The zero-order valence-electron chi connectivity index (χ0n) is 31.2. The number of hydrogen-bond acceptors (Lipinski definition) is 0. The fourth-order valence-corrected chi connectivity index (χ4v) is 10.3. The maximum atomic E-state index is 2.48.